The number of fused-ring (bicyclic) bond motifs is 3. The molecule has 4 aromatic rings. The highest BCUT2D eigenvalue weighted by Gasteiger charge is 2.40. The first-order valence-electron chi connectivity index (χ1n) is 11.2. The maximum absolute atomic E-state index is 13.8. The van der Waals surface area contributed by atoms with Gasteiger partial charge in [-0.15, -0.1) is 0 Å². The predicted octanol–water partition coefficient (Wildman–Crippen LogP) is 5.02. The van der Waals surface area contributed by atoms with Crippen LogP contribution >= 0.6 is 0 Å². The smallest absolute Gasteiger partial charge is 0.247 e. The summed E-state index contributed by atoms with van der Waals surface area (Å²) in [4.78, 5) is 33.5. The molecule has 3 aromatic carbocycles. The summed E-state index contributed by atoms with van der Waals surface area (Å²) >= 11 is 0. The zero-order valence-electron chi connectivity index (χ0n) is 18.7. The number of carbonyl (C=O) groups is 2. The summed E-state index contributed by atoms with van der Waals surface area (Å²) in [6, 6.07) is 24.5. The Morgan fingerprint density at radius 2 is 1.67 bits per heavy atom. The molecular weight excluding hydrogens is 412 g/mol. The van der Waals surface area contributed by atoms with Crippen molar-refractivity contribution in [3.63, 3.8) is 0 Å². The van der Waals surface area contributed by atoms with Crippen molar-refractivity contribution in [1.29, 1.82) is 0 Å². The number of benzene rings is 3. The molecule has 2 heterocycles. The minimum absolute atomic E-state index is 0.0398. The molecule has 0 bridgehead atoms. The van der Waals surface area contributed by atoms with Crippen molar-refractivity contribution in [3.05, 3.63) is 95.8 Å². The Hall–Kier alpha value is -3.93. The molecule has 5 rings (SSSR count). The Kier molecular flexibility index (Phi) is 5.42. The van der Waals surface area contributed by atoms with E-state index in [0.717, 1.165) is 33.7 Å². The number of carbonyl (C=O) groups excluding carboxylic acids is 2. The third kappa shape index (κ3) is 4.00. The van der Waals surface area contributed by atoms with Gasteiger partial charge in [0.05, 0.1) is 23.5 Å². The van der Waals surface area contributed by atoms with Crippen molar-refractivity contribution in [2.75, 3.05) is 5.32 Å². The van der Waals surface area contributed by atoms with Crippen molar-refractivity contribution in [1.82, 2.24) is 14.5 Å². The van der Waals surface area contributed by atoms with Crippen molar-refractivity contribution < 1.29 is 9.59 Å². The zero-order chi connectivity index (χ0) is 22.9. The molecule has 2 atom stereocenters. The Balaban J connectivity index is 1.50. The van der Waals surface area contributed by atoms with Crippen LogP contribution in [0.3, 0.4) is 0 Å². The van der Waals surface area contributed by atoms with Gasteiger partial charge in [-0.2, -0.15) is 0 Å². The molecule has 0 spiro atoms. The van der Waals surface area contributed by atoms with Crippen LogP contribution in [0.1, 0.15) is 42.4 Å². The van der Waals surface area contributed by atoms with Crippen molar-refractivity contribution in [2.45, 2.75) is 38.9 Å². The highest BCUT2D eigenvalue weighted by molar-refractivity contribution is 5.96. The molecule has 0 radical (unpaired) electrons. The number of hydrogen-bond donors (Lipinski definition) is 1. The first-order chi connectivity index (χ1) is 16.0. The number of amides is 2. The first-order valence-corrected chi connectivity index (χ1v) is 11.2. The summed E-state index contributed by atoms with van der Waals surface area (Å²) in [6.07, 6.45) is 0.0398. The summed E-state index contributed by atoms with van der Waals surface area (Å²) in [7, 11) is 0. The van der Waals surface area contributed by atoms with E-state index in [2.05, 4.69) is 5.32 Å². The quantitative estimate of drug-likeness (QED) is 0.476. The summed E-state index contributed by atoms with van der Waals surface area (Å²) in [5.41, 5.74) is 4.59. The molecule has 0 saturated carbocycles. The molecule has 6 heteroatoms. The number of imidazole rings is 1. The normalized spacial score (nSPS) is 17.8. The van der Waals surface area contributed by atoms with Crippen LogP contribution in [-0.2, 0) is 16.1 Å². The van der Waals surface area contributed by atoms with Gasteiger partial charge in [0.25, 0.3) is 0 Å². The molecule has 0 saturated heterocycles. The lowest BCUT2D eigenvalue weighted by molar-refractivity contribution is -0.142. The van der Waals surface area contributed by atoms with E-state index >= 15 is 0 Å². The second-order valence-corrected chi connectivity index (χ2v) is 8.59. The minimum atomic E-state index is -0.655. The average molecular weight is 439 g/mol. The van der Waals surface area contributed by atoms with Gasteiger partial charge in [-0.3, -0.25) is 9.59 Å². The van der Waals surface area contributed by atoms with Crippen LogP contribution in [0.4, 0.5) is 5.69 Å². The third-order valence-corrected chi connectivity index (χ3v) is 6.25. The molecule has 0 unspecified atom stereocenters. The molecule has 33 heavy (non-hydrogen) atoms. The molecule has 2 amide bonds. The Bertz CT molecular complexity index is 1310. The Morgan fingerprint density at radius 3 is 2.42 bits per heavy atom. The van der Waals surface area contributed by atoms with Crippen LogP contribution in [0.15, 0.2) is 78.9 Å². The van der Waals surface area contributed by atoms with Crippen molar-refractivity contribution >= 4 is 28.5 Å². The van der Waals surface area contributed by atoms with Crippen LogP contribution in [-0.4, -0.2) is 26.3 Å². The number of nitrogens with one attached hydrogen (secondary N) is 1. The Morgan fingerprint density at radius 1 is 0.970 bits per heavy atom. The summed E-state index contributed by atoms with van der Waals surface area (Å²) < 4.78 is 1.96. The van der Waals surface area contributed by atoms with Gasteiger partial charge in [-0.05, 0) is 43.7 Å². The average Bonchev–Trinajstić information content (AvgIpc) is 3.21. The van der Waals surface area contributed by atoms with E-state index in [9.17, 15) is 9.59 Å². The number of nitrogens with zero attached hydrogens (tertiary/aromatic N) is 3. The second-order valence-electron chi connectivity index (χ2n) is 8.59. The molecule has 1 aliphatic rings. The SMILES string of the molecule is Cc1ccc(NC(=O)C[C@@H]2C(=O)N(Cc3ccccc3)[C@H](C)c3nc4ccccc4n32)cc1. The number of aromatic nitrogens is 2. The zero-order valence-corrected chi connectivity index (χ0v) is 18.7. The molecular formula is C27H26N4O2. The van der Waals surface area contributed by atoms with Gasteiger partial charge in [-0.1, -0.05) is 60.2 Å². The number of rotatable bonds is 5. The number of hydrogen-bond acceptors (Lipinski definition) is 3. The van der Waals surface area contributed by atoms with Crippen LogP contribution < -0.4 is 5.32 Å². The van der Waals surface area contributed by atoms with Gasteiger partial charge in [-0.25, -0.2) is 4.98 Å². The summed E-state index contributed by atoms with van der Waals surface area (Å²) in [5, 5.41) is 2.94. The van der Waals surface area contributed by atoms with E-state index in [1.165, 1.54) is 0 Å². The minimum Gasteiger partial charge on any atom is -0.327 e. The van der Waals surface area contributed by atoms with E-state index in [-0.39, 0.29) is 24.3 Å². The number of aryl methyl sites for hydroxylation is 1. The fourth-order valence-electron chi connectivity index (χ4n) is 4.52. The summed E-state index contributed by atoms with van der Waals surface area (Å²) in [6.45, 7) is 4.47. The van der Waals surface area contributed by atoms with E-state index in [1.54, 1.807) is 0 Å². The second kappa shape index (κ2) is 8.54. The van der Waals surface area contributed by atoms with E-state index in [0.29, 0.717) is 6.54 Å². The van der Waals surface area contributed by atoms with Gasteiger partial charge < -0.3 is 14.8 Å². The fourth-order valence-corrected chi connectivity index (χ4v) is 4.52. The predicted molar refractivity (Wildman–Crippen MR) is 129 cm³/mol. The van der Waals surface area contributed by atoms with Crippen LogP contribution in [0, 0.1) is 6.92 Å². The number of anilines is 1. The van der Waals surface area contributed by atoms with Gasteiger partial charge in [0.15, 0.2) is 0 Å². The first kappa shape index (κ1) is 20.9. The lowest BCUT2D eigenvalue weighted by Crippen LogP contribution is -2.45. The van der Waals surface area contributed by atoms with Gasteiger partial charge >= 0.3 is 0 Å². The van der Waals surface area contributed by atoms with Crippen molar-refractivity contribution in [3.8, 4) is 0 Å². The molecule has 0 fully saturated rings. The molecule has 1 aromatic heterocycles. The van der Waals surface area contributed by atoms with Crippen LogP contribution in [0.2, 0.25) is 0 Å². The van der Waals surface area contributed by atoms with Gasteiger partial charge in [0.1, 0.15) is 11.9 Å². The molecule has 1 N–H and O–H groups in total. The lowest BCUT2D eigenvalue weighted by Gasteiger charge is -2.38. The third-order valence-electron chi connectivity index (χ3n) is 6.25. The topological polar surface area (TPSA) is 67.2 Å². The van der Waals surface area contributed by atoms with E-state index < -0.39 is 6.04 Å². The standard InChI is InChI=1S/C27H26N4O2/c1-18-12-14-21(15-13-18)28-25(32)16-24-27(33)30(17-20-8-4-3-5-9-20)19(2)26-29-22-10-6-7-11-23(22)31(24)26/h3-15,19,24H,16-17H2,1-2H3,(H,28,32)/t19-,24-/m1/s1. The molecule has 6 nitrogen and oxygen atoms in total. The highest BCUT2D eigenvalue weighted by atomic mass is 16.2. The largest absolute Gasteiger partial charge is 0.327 e. The fraction of sp³-hybridized carbons (Fsp3) is 0.222. The lowest BCUT2D eigenvalue weighted by atomic mass is 10.0. The maximum atomic E-state index is 13.8. The molecule has 166 valence electrons. The molecule has 1 aliphatic heterocycles. The summed E-state index contributed by atoms with van der Waals surface area (Å²) in [5.74, 6) is 0.538. The number of para-hydroxylation sites is 2. The highest BCUT2D eigenvalue weighted by Crippen LogP contribution is 2.37. The monoisotopic (exact) mass is 438 g/mol. The van der Waals surface area contributed by atoms with Gasteiger partial charge in [0.2, 0.25) is 11.8 Å². The van der Waals surface area contributed by atoms with E-state index in [4.69, 9.17) is 4.98 Å². The van der Waals surface area contributed by atoms with E-state index in [1.807, 2.05) is 102 Å². The molecule has 0 aliphatic carbocycles. The van der Waals surface area contributed by atoms with Crippen LogP contribution in [0.5, 0.6) is 0 Å². The van der Waals surface area contributed by atoms with Crippen molar-refractivity contribution in [2.24, 2.45) is 0 Å². The maximum Gasteiger partial charge on any atom is 0.247 e. The van der Waals surface area contributed by atoms with Gasteiger partial charge in [0, 0.05) is 12.2 Å². The van der Waals surface area contributed by atoms with Crippen LogP contribution in [0.25, 0.3) is 11.0 Å². The Labute approximate surface area is 192 Å².